The van der Waals surface area contributed by atoms with E-state index in [2.05, 4.69) is 0 Å². The topological polar surface area (TPSA) is 37.4 Å². The van der Waals surface area contributed by atoms with Crippen LogP contribution in [0.1, 0.15) is 25.3 Å². The molecule has 1 aromatic carbocycles. The summed E-state index contributed by atoms with van der Waals surface area (Å²) in [5.74, 6) is -1.31. The molecule has 1 aromatic rings. The lowest BCUT2D eigenvalue weighted by atomic mass is 10.0. The number of nitrogens with zero attached hydrogens (tertiary/aromatic N) is 1. The van der Waals surface area contributed by atoms with Gasteiger partial charge in [0.05, 0.1) is 11.5 Å². The van der Waals surface area contributed by atoms with Gasteiger partial charge in [0.25, 0.3) is 0 Å². The number of hydrogen-bond donors (Lipinski definition) is 0. The Morgan fingerprint density at radius 3 is 2.00 bits per heavy atom. The van der Waals surface area contributed by atoms with Crippen LogP contribution in [0, 0.1) is 11.6 Å². The van der Waals surface area contributed by atoms with Crippen molar-refractivity contribution in [1.29, 1.82) is 0 Å². The van der Waals surface area contributed by atoms with Gasteiger partial charge in [-0.1, -0.05) is 13.8 Å². The maximum atomic E-state index is 13.9. The SMILES string of the molecule is CC(C)c1c(F)cc(N2CCS(=O)(=O)CC2)cc1F. The first-order valence-corrected chi connectivity index (χ1v) is 8.06. The first-order chi connectivity index (χ1) is 8.80. The molecule has 0 bridgehead atoms. The van der Waals surface area contributed by atoms with Crippen LogP contribution in [-0.2, 0) is 9.84 Å². The van der Waals surface area contributed by atoms with E-state index in [-0.39, 0.29) is 36.1 Å². The first-order valence-electron chi connectivity index (χ1n) is 6.24. The van der Waals surface area contributed by atoms with Crippen LogP contribution in [0.25, 0.3) is 0 Å². The molecule has 0 N–H and O–H groups in total. The van der Waals surface area contributed by atoms with Crippen LogP contribution >= 0.6 is 0 Å². The van der Waals surface area contributed by atoms with E-state index in [4.69, 9.17) is 0 Å². The molecule has 1 aliphatic rings. The number of sulfone groups is 1. The fourth-order valence-electron chi connectivity index (χ4n) is 2.28. The molecule has 106 valence electrons. The van der Waals surface area contributed by atoms with Crippen molar-refractivity contribution in [2.24, 2.45) is 0 Å². The average molecular weight is 289 g/mol. The molecule has 0 spiro atoms. The maximum Gasteiger partial charge on any atom is 0.153 e. The molecule has 2 rings (SSSR count). The molecular weight excluding hydrogens is 272 g/mol. The predicted octanol–water partition coefficient (Wildman–Crippen LogP) is 2.32. The third-order valence-electron chi connectivity index (χ3n) is 3.35. The Kier molecular flexibility index (Phi) is 3.80. The van der Waals surface area contributed by atoms with Crippen molar-refractivity contribution in [1.82, 2.24) is 0 Å². The number of rotatable bonds is 2. The highest BCUT2D eigenvalue weighted by Crippen LogP contribution is 2.28. The molecule has 1 saturated heterocycles. The van der Waals surface area contributed by atoms with E-state index in [0.29, 0.717) is 5.69 Å². The van der Waals surface area contributed by atoms with Crippen molar-refractivity contribution in [2.45, 2.75) is 19.8 Å². The van der Waals surface area contributed by atoms with Gasteiger partial charge in [-0.2, -0.15) is 0 Å². The molecule has 0 saturated carbocycles. The van der Waals surface area contributed by atoms with Crippen molar-refractivity contribution in [3.05, 3.63) is 29.3 Å². The van der Waals surface area contributed by atoms with Crippen molar-refractivity contribution < 1.29 is 17.2 Å². The molecule has 0 aromatic heterocycles. The van der Waals surface area contributed by atoms with Gasteiger partial charge in [0.1, 0.15) is 11.6 Å². The van der Waals surface area contributed by atoms with Gasteiger partial charge in [0.15, 0.2) is 9.84 Å². The Hall–Kier alpha value is -1.17. The zero-order valence-electron chi connectivity index (χ0n) is 11.0. The first kappa shape index (κ1) is 14.2. The summed E-state index contributed by atoms with van der Waals surface area (Å²) in [4.78, 5) is 1.71. The monoisotopic (exact) mass is 289 g/mol. The Morgan fingerprint density at radius 2 is 1.58 bits per heavy atom. The Labute approximate surface area is 112 Å². The molecule has 0 amide bonds. The van der Waals surface area contributed by atoms with Gasteiger partial charge in [-0.05, 0) is 18.1 Å². The molecule has 1 heterocycles. The lowest BCUT2D eigenvalue weighted by Crippen LogP contribution is -2.40. The zero-order valence-corrected chi connectivity index (χ0v) is 11.8. The van der Waals surface area contributed by atoms with Gasteiger partial charge in [-0.25, -0.2) is 17.2 Å². The third kappa shape index (κ3) is 3.05. The summed E-state index contributed by atoms with van der Waals surface area (Å²) < 4.78 is 50.4. The van der Waals surface area contributed by atoms with Crippen LogP contribution in [0.5, 0.6) is 0 Å². The second-order valence-electron chi connectivity index (χ2n) is 5.12. The average Bonchev–Trinajstić information content (AvgIpc) is 2.27. The zero-order chi connectivity index (χ0) is 14.2. The summed E-state index contributed by atoms with van der Waals surface area (Å²) in [6.07, 6.45) is 0. The van der Waals surface area contributed by atoms with Crippen molar-refractivity contribution in [2.75, 3.05) is 29.5 Å². The largest absolute Gasteiger partial charge is 0.369 e. The molecule has 0 aliphatic carbocycles. The van der Waals surface area contributed by atoms with Crippen molar-refractivity contribution >= 4 is 15.5 Å². The van der Waals surface area contributed by atoms with E-state index in [0.717, 1.165) is 0 Å². The standard InChI is InChI=1S/C13H17F2NO2S/c1-9(2)13-11(14)7-10(8-12(13)15)16-3-5-19(17,18)6-4-16/h7-9H,3-6H2,1-2H3. The third-order valence-corrected chi connectivity index (χ3v) is 4.96. The highest BCUT2D eigenvalue weighted by molar-refractivity contribution is 7.91. The van der Waals surface area contributed by atoms with Crippen LogP contribution in [0.4, 0.5) is 14.5 Å². The summed E-state index contributed by atoms with van der Waals surface area (Å²) in [5.41, 5.74) is 0.489. The minimum Gasteiger partial charge on any atom is -0.369 e. The van der Waals surface area contributed by atoms with Crippen LogP contribution in [0.2, 0.25) is 0 Å². The predicted molar refractivity (Wildman–Crippen MR) is 71.3 cm³/mol. The van der Waals surface area contributed by atoms with Gasteiger partial charge in [0.2, 0.25) is 0 Å². The number of benzene rings is 1. The van der Waals surface area contributed by atoms with Crippen LogP contribution in [0.3, 0.4) is 0 Å². The fourth-order valence-corrected chi connectivity index (χ4v) is 3.48. The molecule has 0 atom stereocenters. The second-order valence-corrected chi connectivity index (χ2v) is 7.42. The van der Waals surface area contributed by atoms with Crippen molar-refractivity contribution in [3.8, 4) is 0 Å². The molecule has 1 fully saturated rings. The molecule has 0 radical (unpaired) electrons. The minimum absolute atomic E-state index is 0.0299. The summed E-state index contributed by atoms with van der Waals surface area (Å²) in [5, 5.41) is 0. The summed E-state index contributed by atoms with van der Waals surface area (Å²) in [6.45, 7) is 4.02. The van der Waals surface area contributed by atoms with E-state index in [1.54, 1.807) is 18.7 Å². The lowest BCUT2D eigenvalue weighted by Gasteiger charge is -2.29. The van der Waals surface area contributed by atoms with Gasteiger partial charge in [0, 0.05) is 24.3 Å². The fraction of sp³-hybridized carbons (Fsp3) is 0.538. The summed E-state index contributed by atoms with van der Waals surface area (Å²) in [7, 11) is -2.99. The molecular formula is C13H17F2NO2S. The Balaban J connectivity index is 2.28. The molecule has 6 heteroatoms. The highest BCUT2D eigenvalue weighted by atomic mass is 32.2. The maximum absolute atomic E-state index is 13.9. The highest BCUT2D eigenvalue weighted by Gasteiger charge is 2.23. The normalized spacial score (nSPS) is 18.9. The quantitative estimate of drug-likeness (QED) is 0.838. The smallest absolute Gasteiger partial charge is 0.153 e. The molecule has 19 heavy (non-hydrogen) atoms. The van der Waals surface area contributed by atoms with E-state index < -0.39 is 21.5 Å². The van der Waals surface area contributed by atoms with Crippen LogP contribution in [-0.4, -0.2) is 33.0 Å². The van der Waals surface area contributed by atoms with Crippen molar-refractivity contribution in [3.63, 3.8) is 0 Å². The van der Waals surface area contributed by atoms with Gasteiger partial charge >= 0.3 is 0 Å². The molecule has 3 nitrogen and oxygen atoms in total. The minimum atomic E-state index is -2.99. The van der Waals surface area contributed by atoms with Gasteiger partial charge in [-0.3, -0.25) is 0 Å². The lowest BCUT2D eigenvalue weighted by molar-refractivity contribution is 0.540. The molecule has 0 unspecified atom stereocenters. The van der Waals surface area contributed by atoms with Gasteiger partial charge in [-0.15, -0.1) is 0 Å². The Morgan fingerprint density at radius 1 is 1.11 bits per heavy atom. The van der Waals surface area contributed by atoms with Crippen LogP contribution in [0.15, 0.2) is 12.1 Å². The van der Waals surface area contributed by atoms with Gasteiger partial charge < -0.3 is 4.90 Å². The molecule has 1 aliphatic heterocycles. The summed E-state index contributed by atoms with van der Waals surface area (Å²) >= 11 is 0. The number of anilines is 1. The summed E-state index contributed by atoms with van der Waals surface area (Å²) in [6, 6.07) is 2.58. The van der Waals surface area contributed by atoms with Crippen LogP contribution < -0.4 is 4.90 Å². The second kappa shape index (κ2) is 5.07. The number of halogens is 2. The Bertz CT molecular complexity index is 547. The van der Waals surface area contributed by atoms with E-state index in [1.807, 2.05) is 0 Å². The van der Waals surface area contributed by atoms with E-state index in [9.17, 15) is 17.2 Å². The number of hydrogen-bond acceptors (Lipinski definition) is 3. The van der Waals surface area contributed by atoms with E-state index >= 15 is 0 Å². The van der Waals surface area contributed by atoms with E-state index in [1.165, 1.54) is 12.1 Å².